The number of amides is 1. The average Bonchev–Trinajstić information content (AvgIpc) is 2.35. The zero-order valence-corrected chi connectivity index (χ0v) is 13.8. The van der Waals surface area contributed by atoms with Gasteiger partial charge in [0.25, 0.3) is 0 Å². The Bertz CT molecular complexity index is 452. The van der Waals surface area contributed by atoms with Crippen molar-refractivity contribution in [1.82, 2.24) is 10.6 Å². The topological polar surface area (TPSA) is 50.4 Å². The highest BCUT2D eigenvalue weighted by Gasteiger charge is 2.18. The molecule has 1 rings (SSSR count). The van der Waals surface area contributed by atoms with Crippen LogP contribution < -0.4 is 10.6 Å². The van der Waals surface area contributed by atoms with Crippen molar-refractivity contribution in [2.45, 2.75) is 59.2 Å². The van der Waals surface area contributed by atoms with Crippen LogP contribution in [0, 0.1) is 6.92 Å². The van der Waals surface area contributed by atoms with Crippen molar-refractivity contribution in [3.8, 4) is 0 Å². The molecule has 0 saturated heterocycles. The van der Waals surface area contributed by atoms with Crippen LogP contribution in [0.3, 0.4) is 0 Å². The summed E-state index contributed by atoms with van der Waals surface area (Å²) >= 11 is 0. The lowest BCUT2D eigenvalue weighted by molar-refractivity contribution is 0.0502. The molecule has 0 heterocycles. The van der Waals surface area contributed by atoms with Crippen molar-refractivity contribution in [2.75, 3.05) is 6.54 Å². The molecule has 0 aliphatic carbocycles. The molecule has 1 amide bonds. The van der Waals surface area contributed by atoms with Crippen LogP contribution in [0.25, 0.3) is 0 Å². The van der Waals surface area contributed by atoms with Crippen LogP contribution in [0.1, 0.15) is 45.2 Å². The minimum Gasteiger partial charge on any atom is -0.444 e. The summed E-state index contributed by atoms with van der Waals surface area (Å²) in [5.41, 5.74) is 2.05. The van der Waals surface area contributed by atoms with E-state index < -0.39 is 5.60 Å². The highest BCUT2D eigenvalue weighted by molar-refractivity contribution is 5.68. The van der Waals surface area contributed by atoms with Crippen molar-refractivity contribution >= 4 is 6.09 Å². The van der Waals surface area contributed by atoms with Crippen LogP contribution in [0.2, 0.25) is 0 Å². The summed E-state index contributed by atoms with van der Waals surface area (Å²) in [6.07, 6.45) is 0.506. The Morgan fingerprint density at radius 2 is 2.05 bits per heavy atom. The van der Waals surface area contributed by atoms with Crippen LogP contribution in [0.15, 0.2) is 24.3 Å². The summed E-state index contributed by atoms with van der Waals surface area (Å²) in [5, 5.41) is 6.28. The second kappa shape index (κ2) is 8.03. The van der Waals surface area contributed by atoms with Crippen molar-refractivity contribution in [1.29, 1.82) is 0 Å². The fourth-order valence-corrected chi connectivity index (χ4v) is 1.98. The minimum absolute atomic E-state index is 0.0738. The summed E-state index contributed by atoms with van der Waals surface area (Å²) in [5.74, 6) is 0. The SMILES string of the molecule is CCC(CNCc1cccc(C)c1)NC(=O)OC(C)(C)C. The number of hydrogen-bond donors (Lipinski definition) is 2. The predicted octanol–water partition coefficient (Wildman–Crippen LogP) is 3.39. The summed E-state index contributed by atoms with van der Waals surface area (Å²) in [4.78, 5) is 11.7. The third-order valence-electron chi connectivity index (χ3n) is 3.02. The van der Waals surface area contributed by atoms with Crippen LogP contribution >= 0.6 is 0 Å². The van der Waals surface area contributed by atoms with E-state index in [1.165, 1.54) is 11.1 Å². The predicted molar refractivity (Wildman–Crippen MR) is 86.3 cm³/mol. The van der Waals surface area contributed by atoms with Gasteiger partial charge in [0, 0.05) is 19.1 Å². The molecular formula is C17H28N2O2. The van der Waals surface area contributed by atoms with Gasteiger partial charge in [-0.1, -0.05) is 36.8 Å². The first-order valence-electron chi connectivity index (χ1n) is 7.56. The highest BCUT2D eigenvalue weighted by atomic mass is 16.6. The van der Waals surface area contributed by atoms with Gasteiger partial charge >= 0.3 is 6.09 Å². The fraction of sp³-hybridized carbons (Fsp3) is 0.588. The standard InChI is InChI=1S/C17H28N2O2/c1-6-15(19-16(20)21-17(3,4)5)12-18-11-14-9-7-8-13(2)10-14/h7-10,15,18H,6,11-12H2,1-5H3,(H,19,20). The summed E-state index contributed by atoms with van der Waals surface area (Å²) in [6, 6.07) is 8.48. The maximum Gasteiger partial charge on any atom is 0.407 e. The smallest absolute Gasteiger partial charge is 0.407 e. The molecule has 1 aromatic rings. The molecular weight excluding hydrogens is 264 g/mol. The number of aryl methyl sites for hydroxylation is 1. The summed E-state index contributed by atoms with van der Waals surface area (Å²) < 4.78 is 5.27. The maximum absolute atomic E-state index is 11.7. The van der Waals surface area contributed by atoms with Crippen molar-refractivity contribution in [2.24, 2.45) is 0 Å². The summed E-state index contributed by atoms with van der Waals surface area (Å²) in [7, 11) is 0. The number of rotatable bonds is 6. The van der Waals surface area contributed by atoms with Gasteiger partial charge in [-0.3, -0.25) is 0 Å². The van der Waals surface area contributed by atoms with Gasteiger partial charge in [0.1, 0.15) is 5.60 Å². The van der Waals surface area contributed by atoms with E-state index in [0.717, 1.165) is 19.5 Å². The van der Waals surface area contributed by atoms with Gasteiger partial charge in [-0.05, 0) is 39.7 Å². The molecule has 0 fully saturated rings. The molecule has 4 heteroatoms. The lowest BCUT2D eigenvalue weighted by atomic mass is 10.1. The van der Waals surface area contributed by atoms with Gasteiger partial charge in [-0.2, -0.15) is 0 Å². The number of ether oxygens (including phenoxy) is 1. The summed E-state index contributed by atoms with van der Waals surface area (Å²) in [6.45, 7) is 11.3. The molecule has 0 bridgehead atoms. The highest BCUT2D eigenvalue weighted by Crippen LogP contribution is 2.07. The molecule has 1 atom stereocenters. The Hall–Kier alpha value is -1.55. The van der Waals surface area contributed by atoms with Crippen molar-refractivity contribution in [3.63, 3.8) is 0 Å². The van der Waals surface area contributed by atoms with Crippen LogP contribution in [0.4, 0.5) is 4.79 Å². The van der Waals surface area contributed by atoms with Crippen LogP contribution in [-0.2, 0) is 11.3 Å². The zero-order chi connectivity index (χ0) is 15.9. The fourth-order valence-electron chi connectivity index (χ4n) is 1.98. The third-order valence-corrected chi connectivity index (χ3v) is 3.02. The van der Waals surface area contributed by atoms with Crippen molar-refractivity contribution in [3.05, 3.63) is 35.4 Å². The van der Waals surface area contributed by atoms with E-state index in [9.17, 15) is 4.79 Å². The molecule has 0 aliphatic rings. The molecule has 118 valence electrons. The number of hydrogen-bond acceptors (Lipinski definition) is 3. The van der Waals surface area contributed by atoms with Gasteiger partial charge in [0.05, 0.1) is 0 Å². The van der Waals surface area contributed by atoms with Gasteiger partial charge in [0.15, 0.2) is 0 Å². The van der Waals surface area contributed by atoms with E-state index in [2.05, 4.69) is 48.7 Å². The van der Waals surface area contributed by atoms with Crippen molar-refractivity contribution < 1.29 is 9.53 Å². The Morgan fingerprint density at radius 1 is 1.33 bits per heavy atom. The Balaban J connectivity index is 2.36. The van der Waals surface area contributed by atoms with E-state index in [0.29, 0.717) is 0 Å². The Morgan fingerprint density at radius 3 is 2.62 bits per heavy atom. The first-order chi connectivity index (χ1) is 9.80. The van der Waals surface area contributed by atoms with Crippen LogP contribution in [-0.4, -0.2) is 24.3 Å². The number of alkyl carbamates (subject to hydrolysis) is 1. The quantitative estimate of drug-likeness (QED) is 0.845. The number of carbonyl (C=O) groups excluding carboxylic acids is 1. The first kappa shape index (κ1) is 17.5. The molecule has 1 unspecified atom stereocenters. The largest absolute Gasteiger partial charge is 0.444 e. The molecule has 1 aromatic carbocycles. The maximum atomic E-state index is 11.7. The number of nitrogens with one attached hydrogen (secondary N) is 2. The second-order valence-corrected chi connectivity index (χ2v) is 6.37. The van der Waals surface area contributed by atoms with E-state index >= 15 is 0 Å². The number of carbonyl (C=O) groups is 1. The van der Waals surface area contributed by atoms with Gasteiger partial charge in [0.2, 0.25) is 0 Å². The van der Waals surface area contributed by atoms with Gasteiger partial charge in [-0.25, -0.2) is 4.79 Å². The second-order valence-electron chi connectivity index (χ2n) is 6.37. The van der Waals surface area contributed by atoms with Gasteiger partial charge < -0.3 is 15.4 Å². The van der Waals surface area contributed by atoms with E-state index in [-0.39, 0.29) is 12.1 Å². The molecule has 0 spiro atoms. The van der Waals surface area contributed by atoms with E-state index in [4.69, 9.17) is 4.74 Å². The molecule has 21 heavy (non-hydrogen) atoms. The third kappa shape index (κ3) is 7.71. The average molecular weight is 292 g/mol. The minimum atomic E-state index is -0.461. The van der Waals surface area contributed by atoms with Crippen LogP contribution in [0.5, 0.6) is 0 Å². The monoisotopic (exact) mass is 292 g/mol. The van der Waals surface area contributed by atoms with Gasteiger partial charge in [-0.15, -0.1) is 0 Å². The lowest BCUT2D eigenvalue weighted by Crippen LogP contribution is -2.43. The molecule has 0 aliphatic heterocycles. The first-order valence-corrected chi connectivity index (χ1v) is 7.56. The molecule has 0 saturated carbocycles. The lowest BCUT2D eigenvalue weighted by Gasteiger charge is -2.23. The Labute approximate surface area is 128 Å². The number of benzene rings is 1. The zero-order valence-electron chi connectivity index (χ0n) is 13.8. The normalized spacial score (nSPS) is 12.8. The molecule has 2 N–H and O–H groups in total. The molecule has 0 radical (unpaired) electrons. The molecule has 0 aromatic heterocycles. The van der Waals surface area contributed by atoms with E-state index in [1.807, 2.05) is 20.8 Å². The van der Waals surface area contributed by atoms with E-state index in [1.54, 1.807) is 0 Å². The molecule has 4 nitrogen and oxygen atoms in total. The Kier molecular flexibility index (Phi) is 6.69.